The molecule has 0 aromatic carbocycles. The number of piperidine rings is 1. The fraction of sp³-hybridized carbons (Fsp3) is 0.588. The molecule has 1 aliphatic rings. The van der Waals surface area contributed by atoms with E-state index in [0.717, 1.165) is 6.07 Å². The van der Waals surface area contributed by atoms with Crippen LogP contribution in [0.25, 0.3) is 0 Å². The van der Waals surface area contributed by atoms with E-state index in [4.69, 9.17) is 4.74 Å². The fourth-order valence-corrected chi connectivity index (χ4v) is 2.96. The number of nitrogens with zero attached hydrogens (tertiary/aromatic N) is 3. The van der Waals surface area contributed by atoms with Crippen molar-refractivity contribution in [2.45, 2.75) is 19.0 Å². The Morgan fingerprint density at radius 1 is 1.36 bits per heavy atom. The highest BCUT2D eigenvalue weighted by molar-refractivity contribution is 14.0. The van der Waals surface area contributed by atoms with Crippen LogP contribution in [0.4, 0.5) is 19.0 Å². The summed E-state index contributed by atoms with van der Waals surface area (Å²) in [7, 11) is 3.02. The number of methoxy groups -OCH3 is 1. The van der Waals surface area contributed by atoms with E-state index in [9.17, 15) is 18.0 Å². The number of nitrogens with one attached hydrogen (secondary N) is 2. The van der Waals surface area contributed by atoms with Gasteiger partial charge in [0.15, 0.2) is 5.96 Å². The van der Waals surface area contributed by atoms with E-state index in [0.29, 0.717) is 38.4 Å². The molecule has 0 atom stereocenters. The molecule has 1 aliphatic heterocycles. The number of anilines is 1. The van der Waals surface area contributed by atoms with Crippen LogP contribution in [0.1, 0.15) is 18.4 Å². The zero-order chi connectivity index (χ0) is 19.9. The van der Waals surface area contributed by atoms with Gasteiger partial charge in [0.05, 0.1) is 18.6 Å². The zero-order valence-corrected chi connectivity index (χ0v) is 18.1. The van der Waals surface area contributed by atoms with Gasteiger partial charge in [-0.3, -0.25) is 9.79 Å². The highest BCUT2D eigenvalue weighted by Crippen LogP contribution is 2.33. The Kier molecular flexibility index (Phi) is 9.76. The first-order valence-corrected chi connectivity index (χ1v) is 8.66. The summed E-state index contributed by atoms with van der Waals surface area (Å²) in [5, 5.41) is 5.82. The number of guanidine groups is 1. The van der Waals surface area contributed by atoms with E-state index >= 15 is 0 Å². The van der Waals surface area contributed by atoms with E-state index in [2.05, 4.69) is 20.6 Å². The molecule has 7 nitrogen and oxygen atoms in total. The predicted octanol–water partition coefficient (Wildman–Crippen LogP) is 2.59. The van der Waals surface area contributed by atoms with Crippen LogP contribution in [0.3, 0.4) is 0 Å². The second kappa shape index (κ2) is 11.3. The number of halogens is 4. The molecule has 0 aliphatic carbocycles. The van der Waals surface area contributed by atoms with Gasteiger partial charge in [0.1, 0.15) is 5.82 Å². The summed E-state index contributed by atoms with van der Waals surface area (Å²) in [6.45, 7) is 1.94. The lowest BCUT2D eigenvalue weighted by atomic mass is 9.97. The smallest absolute Gasteiger partial charge is 0.419 e. The van der Waals surface area contributed by atoms with Crippen LogP contribution in [0.15, 0.2) is 23.3 Å². The maximum absolute atomic E-state index is 12.9. The number of aromatic nitrogens is 1. The topological polar surface area (TPSA) is 78.9 Å². The summed E-state index contributed by atoms with van der Waals surface area (Å²) in [6, 6.07) is 2.25. The molecule has 1 saturated heterocycles. The van der Waals surface area contributed by atoms with E-state index in [1.165, 1.54) is 19.4 Å². The zero-order valence-electron chi connectivity index (χ0n) is 15.8. The molecule has 11 heteroatoms. The van der Waals surface area contributed by atoms with Gasteiger partial charge in [-0.1, -0.05) is 0 Å². The molecule has 2 heterocycles. The normalized spacial score (nSPS) is 15.6. The Balaban J connectivity index is 0.00000392. The number of likely N-dealkylation sites (tertiary alicyclic amines) is 1. The van der Waals surface area contributed by atoms with Crippen molar-refractivity contribution in [3.8, 4) is 0 Å². The van der Waals surface area contributed by atoms with Gasteiger partial charge in [-0.15, -0.1) is 24.0 Å². The summed E-state index contributed by atoms with van der Waals surface area (Å²) in [5.74, 6) is 0.159. The maximum Gasteiger partial charge on any atom is 0.419 e. The number of carbonyl (C=O) groups is 1. The molecule has 1 fully saturated rings. The van der Waals surface area contributed by atoms with Crippen molar-refractivity contribution in [3.63, 3.8) is 0 Å². The Bertz CT molecular complexity index is 664. The highest BCUT2D eigenvalue weighted by Gasteiger charge is 2.34. The quantitative estimate of drug-likeness (QED) is 0.207. The lowest BCUT2D eigenvalue weighted by Crippen LogP contribution is -2.47. The number of aliphatic imine (C=N–C) groups is 1. The first-order chi connectivity index (χ1) is 12.9. The van der Waals surface area contributed by atoms with Gasteiger partial charge in [-0.2, -0.15) is 13.2 Å². The summed E-state index contributed by atoms with van der Waals surface area (Å²) < 4.78 is 43.6. The number of rotatable bonds is 5. The molecule has 1 aromatic heterocycles. The van der Waals surface area contributed by atoms with Crippen LogP contribution in [-0.4, -0.2) is 62.1 Å². The standard InChI is InChI=1S/C17H24F3N5O2.HI/c1-21-16(25-10-5-12(6-11-25)15(26)27-2)24-9-8-23-14-13(17(18,19)20)4-3-7-22-14;/h3-4,7,12H,5-6,8-11H2,1-2H3,(H,21,24)(H,22,23);1H. The summed E-state index contributed by atoms with van der Waals surface area (Å²) in [5.41, 5.74) is -0.792. The van der Waals surface area contributed by atoms with Crippen LogP contribution in [0.5, 0.6) is 0 Å². The number of carbonyl (C=O) groups excluding carboxylic acids is 1. The second-order valence-corrected chi connectivity index (χ2v) is 6.08. The number of ether oxygens (including phenoxy) is 1. The van der Waals surface area contributed by atoms with Gasteiger partial charge in [0, 0.05) is 39.4 Å². The molecule has 2 N–H and O–H groups in total. The van der Waals surface area contributed by atoms with Gasteiger partial charge in [0.2, 0.25) is 0 Å². The Morgan fingerprint density at radius 3 is 2.61 bits per heavy atom. The lowest BCUT2D eigenvalue weighted by molar-refractivity contribution is -0.146. The number of pyridine rings is 1. The van der Waals surface area contributed by atoms with E-state index in [-0.39, 0.29) is 48.2 Å². The Morgan fingerprint density at radius 2 is 2.04 bits per heavy atom. The number of alkyl halides is 3. The van der Waals surface area contributed by atoms with E-state index in [1.54, 1.807) is 7.05 Å². The fourth-order valence-electron chi connectivity index (χ4n) is 2.96. The van der Waals surface area contributed by atoms with Gasteiger partial charge < -0.3 is 20.3 Å². The summed E-state index contributed by atoms with van der Waals surface area (Å²) in [4.78, 5) is 21.5. The molecular formula is C17H25F3IN5O2. The SMILES string of the molecule is CN=C(NCCNc1ncccc1C(F)(F)F)N1CCC(C(=O)OC)CC1.I. The molecule has 0 spiro atoms. The van der Waals surface area contributed by atoms with Crippen molar-refractivity contribution < 1.29 is 22.7 Å². The van der Waals surface area contributed by atoms with Crippen molar-refractivity contribution in [1.29, 1.82) is 0 Å². The molecule has 0 radical (unpaired) electrons. The molecule has 28 heavy (non-hydrogen) atoms. The number of hydrogen-bond acceptors (Lipinski definition) is 5. The molecule has 0 bridgehead atoms. The molecule has 2 rings (SSSR count). The van der Waals surface area contributed by atoms with Crippen molar-refractivity contribution in [1.82, 2.24) is 15.2 Å². The molecule has 1 aromatic rings. The van der Waals surface area contributed by atoms with Crippen LogP contribution < -0.4 is 10.6 Å². The molecule has 0 saturated carbocycles. The largest absolute Gasteiger partial charge is 0.469 e. The first kappa shape index (κ1) is 24.2. The van der Waals surface area contributed by atoms with Gasteiger partial charge in [0.25, 0.3) is 0 Å². The first-order valence-electron chi connectivity index (χ1n) is 8.66. The third-order valence-corrected chi connectivity index (χ3v) is 4.35. The van der Waals surface area contributed by atoms with E-state index in [1.807, 2.05) is 4.90 Å². The van der Waals surface area contributed by atoms with Crippen molar-refractivity contribution >= 4 is 41.7 Å². The number of esters is 1. The van der Waals surface area contributed by atoms with E-state index < -0.39 is 11.7 Å². The molecule has 0 unspecified atom stereocenters. The maximum atomic E-state index is 12.9. The minimum atomic E-state index is -4.45. The van der Waals surface area contributed by atoms with Crippen molar-refractivity contribution in [2.24, 2.45) is 10.9 Å². The van der Waals surface area contributed by atoms with Gasteiger partial charge >= 0.3 is 12.1 Å². The van der Waals surface area contributed by atoms with Crippen LogP contribution in [0, 0.1) is 5.92 Å². The lowest BCUT2D eigenvalue weighted by Gasteiger charge is -2.33. The average molecular weight is 515 g/mol. The monoisotopic (exact) mass is 515 g/mol. The minimum Gasteiger partial charge on any atom is -0.469 e. The Hall–Kier alpha value is -1.79. The van der Waals surface area contributed by atoms with Crippen molar-refractivity contribution in [3.05, 3.63) is 23.9 Å². The van der Waals surface area contributed by atoms with Crippen LogP contribution >= 0.6 is 24.0 Å². The summed E-state index contributed by atoms with van der Waals surface area (Å²) >= 11 is 0. The average Bonchev–Trinajstić information content (AvgIpc) is 2.67. The Labute approximate surface area is 179 Å². The van der Waals surface area contributed by atoms with Crippen LogP contribution in [0.2, 0.25) is 0 Å². The third-order valence-electron chi connectivity index (χ3n) is 4.35. The highest BCUT2D eigenvalue weighted by atomic mass is 127. The van der Waals surface area contributed by atoms with Gasteiger partial charge in [-0.05, 0) is 25.0 Å². The van der Waals surface area contributed by atoms with Crippen molar-refractivity contribution in [2.75, 3.05) is 45.7 Å². The third kappa shape index (κ3) is 6.67. The predicted molar refractivity (Wildman–Crippen MR) is 111 cm³/mol. The molecule has 158 valence electrons. The molecule has 0 amide bonds. The van der Waals surface area contributed by atoms with Gasteiger partial charge in [-0.25, -0.2) is 4.98 Å². The second-order valence-electron chi connectivity index (χ2n) is 6.08. The minimum absolute atomic E-state index is 0. The summed E-state index contributed by atoms with van der Waals surface area (Å²) in [6.07, 6.45) is -1.79. The van der Waals surface area contributed by atoms with Crippen LogP contribution in [-0.2, 0) is 15.7 Å². The molecular weight excluding hydrogens is 490 g/mol. The number of hydrogen-bond donors (Lipinski definition) is 2.